The Morgan fingerprint density at radius 1 is 1.04 bits per heavy atom. The van der Waals surface area contributed by atoms with Gasteiger partial charge in [-0.1, -0.05) is 48.5 Å². The van der Waals surface area contributed by atoms with E-state index in [0.717, 1.165) is 5.56 Å². The van der Waals surface area contributed by atoms with Crippen LogP contribution < -0.4 is 0 Å². The van der Waals surface area contributed by atoms with Gasteiger partial charge in [0.1, 0.15) is 0 Å². The molecule has 0 N–H and O–H groups in total. The minimum absolute atomic E-state index is 0.227. The van der Waals surface area contributed by atoms with E-state index in [4.69, 9.17) is 14.2 Å². The van der Waals surface area contributed by atoms with Gasteiger partial charge < -0.3 is 14.2 Å². The van der Waals surface area contributed by atoms with Gasteiger partial charge in [-0.25, -0.2) is 4.79 Å². The van der Waals surface area contributed by atoms with Crippen molar-refractivity contribution in [1.82, 2.24) is 4.90 Å². The molecule has 0 aliphatic carbocycles. The van der Waals surface area contributed by atoms with Crippen LogP contribution in [0.15, 0.2) is 60.7 Å². The van der Waals surface area contributed by atoms with Crippen LogP contribution in [0.4, 0.5) is 0 Å². The molecule has 1 fully saturated rings. The fraction of sp³-hybridized carbons (Fsp3) is 0.300. The highest BCUT2D eigenvalue weighted by atomic mass is 16.7. The van der Waals surface area contributed by atoms with E-state index in [-0.39, 0.29) is 12.5 Å². The molecule has 136 valence electrons. The predicted octanol–water partition coefficient (Wildman–Crippen LogP) is 2.76. The first-order valence-electron chi connectivity index (χ1n) is 8.45. The maximum atomic E-state index is 13.1. The fourth-order valence-corrected chi connectivity index (χ4v) is 3.06. The molecule has 0 radical (unpaired) electrons. The molecule has 26 heavy (non-hydrogen) atoms. The van der Waals surface area contributed by atoms with Gasteiger partial charge >= 0.3 is 5.97 Å². The van der Waals surface area contributed by atoms with Gasteiger partial charge in [0.05, 0.1) is 12.6 Å². The molecule has 6 nitrogen and oxygen atoms in total. The van der Waals surface area contributed by atoms with Gasteiger partial charge in [0.15, 0.2) is 6.10 Å². The van der Waals surface area contributed by atoms with Crippen molar-refractivity contribution < 1.29 is 23.8 Å². The molecule has 1 amide bonds. The average Bonchev–Trinajstić information content (AvgIpc) is 3.08. The van der Waals surface area contributed by atoms with Crippen molar-refractivity contribution in [3.05, 3.63) is 71.8 Å². The molecule has 1 saturated heterocycles. The Kier molecular flexibility index (Phi) is 5.65. The zero-order valence-electron chi connectivity index (χ0n) is 14.7. The van der Waals surface area contributed by atoms with Crippen molar-refractivity contribution in [2.75, 3.05) is 13.7 Å². The fourth-order valence-electron chi connectivity index (χ4n) is 3.06. The van der Waals surface area contributed by atoms with Crippen molar-refractivity contribution in [3.8, 4) is 0 Å². The molecule has 3 rings (SSSR count). The number of carbonyl (C=O) groups is 2. The largest absolute Gasteiger partial charge is 0.464 e. The number of carbonyl (C=O) groups excluding carboxylic acids is 2. The maximum absolute atomic E-state index is 13.1. The maximum Gasteiger partial charge on any atom is 0.337 e. The van der Waals surface area contributed by atoms with Crippen molar-refractivity contribution in [2.45, 2.75) is 25.5 Å². The second-order valence-corrected chi connectivity index (χ2v) is 5.79. The normalized spacial score (nSPS) is 22.2. The summed E-state index contributed by atoms with van der Waals surface area (Å²) in [5.41, 5.74) is 1.26. The number of nitrogens with zero attached hydrogens (tertiary/aromatic N) is 1. The first kappa shape index (κ1) is 18.1. The second-order valence-electron chi connectivity index (χ2n) is 5.79. The van der Waals surface area contributed by atoms with Gasteiger partial charge in [0.2, 0.25) is 6.41 Å². The molecule has 1 heterocycles. The van der Waals surface area contributed by atoms with E-state index in [2.05, 4.69) is 0 Å². The highest BCUT2D eigenvalue weighted by Gasteiger charge is 2.50. The van der Waals surface area contributed by atoms with Gasteiger partial charge in [-0.3, -0.25) is 9.69 Å². The van der Waals surface area contributed by atoms with Crippen LogP contribution in [0.25, 0.3) is 0 Å². The summed E-state index contributed by atoms with van der Waals surface area (Å²) < 4.78 is 16.3. The predicted molar refractivity (Wildman–Crippen MR) is 94.1 cm³/mol. The van der Waals surface area contributed by atoms with Gasteiger partial charge in [-0.15, -0.1) is 0 Å². The molecular formula is C20H21NO5. The Morgan fingerprint density at radius 2 is 1.65 bits per heavy atom. The number of methoxy groups -OCH3 is 1. The lowest BCUT2D eigenvalue weighted by Crippen LogP contribution is -2.40. The Morgan fingerprint density at radius 3 is 2.23 bits per heavy atom. The van der Waals surface area contributed by atoms with Crippen LogP contribution in [-0.4, -0.2) is 43.0 Å². The molecule has 0 bridgehead atoms. The summed E-state index contributed by atoms with van der Waals surface area (Å²) in [6.07, 6.45) is -1.95. The average molecular weight is 355 g/mol. The van der Waals surface area contributed by atoms with Crippen LogP contribution in [0, 0.1) is 0 Å². The number of benzene rings is 2. The summed E-state index contributed by atoms with van der Waals surface area (Å²) in [5, 5.41) is 0. The van der Waals surface area contributed by atoms with Crippen molar-refractivity contribution in [1.29, 1.82) is 0 Å². The molecule has 6 heteroatoms. The molecule has 2 aromatic rings. The lowest BCUT2D eigenvalue weighted by molar-refractivity contribution is -0.180. The molecule has 0 spiro atoms. The smallest absolute Gasteiger partial charge is 0.337 e. The van der Waals surface area contributed by atoms with Crippen molar-refractivity contribution in [3.63, 3.8) is 0 Å². The summed E-state index contributed by atoms with van der Waals surface area (Å²) >= 11 is 0. The molecular weight excluding hydrogens is 334 g/mol. The SMILES string of the molecule is CCOC(=O)[C@@H]1OC(OC)N(C(=O)c2ccccc2)[C@H]1c1ccccc1. The second kappa shape index (κ2) is 8.12. The Bertz CT molecular complexity index is 749. The van der Waals surface area contributed by atoms with Crippen LogP contribution in [0.5, 0.6) is 0 Å². The molecule has 1 aliphatic rings. The third-order valence-corrected chi connectivity index (χ3v) is 4.19. The number of esters is 1. The highest BCUT2D eigenvalue weighted by molar-refractivity contribution is 5.95. The van der Waals surface area contributed by atoms with Crippen molar-refractivity contribution in [2.24, 2.45) is 0 Å². The Hall–Kier alpha value is -2.70. The van der Waals surface area contributed by atoms with E-state index in [1.54, 1.807) is 31.2 Å². The Balaban J connectivity index is 2.03. The lowest BCUT2D eigenvalue weighted by Gasteiger charge is -2.28. The zero-order valence-corrected chi connectivity index (χ0v) is 14.7. The number of amides is 1. The molecule has 2 aromatic carbocycles. The van der Waals surface area contributed by atoms with Gasteiger partial charge in [-0.05, 0) is 24.6 Å². The monoisotopic (exact) mass is 355 g/mol. The highest BCUT2D eigenvalue weighted by Crippen LogP contribution is 2.37. The lowest BCUT2D eigenvalue weighted by atomic mass is 10.00. The minimum Gasteiger partial charge on any atom is -0.464 e. The summed E-state index contributed by atoms with van der Waals surface area (Å²) in [5.74, 6) is -0.801. The third kappa shape index (κ3) is 3.47. The molecule has 0 saturated carbocycles. The van der Waals surface area contributed by atoms with E-state index in [9.17, 15) is 9.59 Å². The van der Waals surface area contributed by atoms with Crippen molar-refractivity contribution >= 4 is 11.9 Å². The topological polar surface area (TPSA) is 65.1 Å². The van der Waals surface area contributed by atoms with Gasteiger partial charge in [-0.2, -0.15) is 0 Å². The molecule has 1 unspecified atom stereocenters. The number of hydrogen-bond donors (Lipinski definition) is 0. The molecule has 0 aromatic heterocycles. The standard InChI is InChI=1S/C20H21NO5/c1-3-25-19(23)17-16(14-10-6-4-7-11-14)21(20(24-2)26-17)18(22)15-12-8-5-9-13-15/h4-13,16-17,20H,3H2,1-2H3/t16-,17+,20?/m0/s1. The number of ether oxygens (including phenoxy) is 3. The summed E-state index contributed by atoms with van der Waals surface area (Å²) in [4.78, 5) is 27.0. The van der Waals surface area contributed by atoms with Crippen LogP contribution in [0.3, 0.4) is 0 Å². The zero-order chi connectivity index (χ0) is 18.5. The van der Waals surface area contributed by atoms with Crippen LogP contribution >= 0.6 is 0 Å². The van der Waals surface area contributed by atoms with E-state index in [0.29, 0.717) is 5.56 Å². The molecule has 3 atom stereocenters. The first-order valence-corrected chi connectivity index (χ1v) is 8.45. The number of hydrogen-bond acceptors (Lipinski definition) is 5. The Labute approximate surface area is 152 Å². The molecule has 1 aliphatic heterocycles. The summed E-state index contributed by atoms with van der Waals surface area (Å²) in [7, 11) is 1.44. The van der Waals surface area contributed by atoms with E-state index >= 15 is 0 Å². The van der Waals surface area contributed by atoms with Crippen LogP contribution in [0.2, 0.25) is 0 Å². The number of rotatable bonds is 5. The van der Waals surface area contributed by atoms with Crippen LogP contribution in [0.1, 0.15) is 28.9 Å². The van der Waals surface area contributed by atoms with E-state index in [1.807, 2.05) is 36.4 Å². The minimum atomic E-state index is -0.984. The van der Waals surface area contributed by atoms with Gasteiger partial charge in [0.25, 0.3) is 5.91 Å². The third-order valence-electron chi connectivity index (χ3n) is 4.19. The van der Waals surface area contributed by atoms with E-state index < -0.39 is 24.5 Å². The first-order chi connectivity index (χ1) is 12.7. The summed E-state index contributed by atoms with van der Waals surface area (Å²) in [6, 6.07) is 17.5. The quantitative estimate of drug-likeness (QED) is 0.772. The van der Waals surface area contributed by atoms with E-state index in [1.165, 1.54) is 12.0 Å². The summed E-state index contributed by atoms with van der Waals surface area (Å²) in [6.45, 7) is 1.95. The van der Waals surface area contributed by atoms with Gasteiger partial charge in [0, 0.05) is 12.7 Å². The van der Waals surface area contributed by atoms with Crippen LogP contribution in [-0.2, 0) is 19.0 Å².